The monoisotopic (exact) mass is 421 g/mol. The Hall–Kier alpha value is -3.14. The standard InChI is InChI=1S/C19H23N3O6S/c1-5-17(19(23)20-16-7-6-8-18(13(16)2)22(24)25)21(29(4,26)27)14-9-11-15(28-3)12-10-14/h6-12,17H,5H2,1-4H3,(H,20,23). The molecular weight excluding hydrogens is 398 g/mol. The van der Waals surface area contributed by atoms with Crippen LogP contribution in [0, 0.1) is 17.0 Å². The molecule has 0 saturated carbocycles. The number of nitrogens with zero attached hydrogens (tertiary/aromatic N) is 2. The van der Waals surface area contributed by atoms with Crippen molar-refractivity contribution in [2.75, 3.05) is 23.0 Å². The van der Waals surface area contributed by atoms with Crippen LogP contribution in [-0.4, -0.2) is 38.7 Å². The molecule has 0 spiro atoms. The average molecular weight is 421 g/mol. The molecule has 0 bridgehead atoms. The van der Waals surface area contributed by atoms with Crippen molar-refractivity contribution in [1.82, 2.24) is 0 Å². The summed E-state index contributed by atoms with van der Waals surface area (Å²) in [5.41, 5.74) is 0.721. The van der Waals surface area contributed by atoms with E-state index in [1.54, 1.807) is 31.2 Å². The molecule has 1 unspecified atom stereocenters. The van der Waals surface area contributed by atoms with Crippen LogP contribution in [0.4, 0.5) is 17.1 Å². The van der Waals surface area contributed by atoms with E-state index in [2.05, 4.69) is 5.32 Å². The maximum absolute atomic E-state index is 12.9. The molecule has 156 valence electrons. The molecule has 2 aromatic carbocycles. The van der Waals surface area contributed by atoms with Crippen LogP contribution in [0.1, 0.15) is 18.9 Å². The Bertz CT molecular complexity index is 1010. The second-order valence-corrected chi connectivity index (χ2v) is 8.24. The highest BCUT2D eigenvalue weighted by Gasteiger charge is 2.32. The van der Waals surface area contributed by atoms with E-state index in [9.17, 15) is 23.3 Å². The third-order valence-electron chi connectivity index (χ3n) is 4.42. The first kappa shape index (κ1) is 22.2. The van der Waals surface area contributed by atoms with Crippen molar-refractivity contribution in [3.8, 4) is 5.75 Å². The number of anilines is 2. The number of hydrogen-bond donors (Lipinski definition) is 1. The van der Waals surface area contributed by atoms with Crippen molar-refractivity contribution in [2.45, 2.75) is 26.3 Å². The molecule has 10 heteroatoms. The van der Waals surface area contributed by atoms with Gasteiger partial charge in [0.1, 0.15) is 11.8 Å². The van der Waals surface area contributed by atoms with Gasteiger partial charge in [-0.3, -0.25) is 19.2 Å². The van der Waals surface area contributed by atoms with Crippen LogP contribution in [0.15, 0.2) is 42.5 Å². The van der Waals surface area contributed by atoms with E-state index in [1.165, 1.54) is 32.2 Å². The van der Waals surface area contributed by atoms with Crippen LogP contribution in [0.2, 0.25) is 0 Å². The minimum absolute atomic E-state index is 0.133. The summed E-state index contributed by atoms with van der Waals surface area (Å²) in [6, 6.07) is 9.58. The average Bonchev–Trinajstić information content (AvgIpc) is 2.66. The second kappa shape index (κ2) is 8.91. The molecule has 0 aliphatic heterocycles. The Balaban J connectivity index is 2.41. The zero-order valence-corrected chi connectivity index (χ0v) is 17.4. The van der Waals surface area contributed by atoms with Gasteiger partial charge >= 0.3 is 0 Å². The highest BCUT2D eigenvalue weighted by molar-refractivity contribution is 7.92. The van der Waals surface area contributed by atoms with Crippen LogP contribution in [0.5, 0.6) is 5.75 Å². The van der Waals surface area contributed by atoms with Gasteiger partial charge in [0.15, 0.2) is 0 Å². The molecule has 1 amide bonds. The van der Waals surface area contributed by atoms with E-state index in [0.717, 1.165) is 10.6 Å². The van der Waals surface area contributed by atoms with Gasteiger partial charge in [0.25, 0.3) is 5.69 Å². The SMILES string of the molecule is CCC(C(=O)Nc1cccc([N+](=O)[O-])c1C)N(c1ccc(OC)cc1)S(C)(=O)=O. The normalized spacial score (nSPS) is 12.1. The van der Waals surface area contributed by atoms with Crippen LogP contribution in [0.25, 0.3) is 0 Å². The molecule has 0 fully saturated rings. The predicted molar refractivity (Wildman–Crippen MR) is 111 cm³/mol. The number of carbonyl (C=O) groups excluding carboxylic acids is 1. The number of ether oxygens (including phenoxy) is 1. The lowest BCUT2D eigenvalue weighted by molar-refractivity contribution is -0.385. The first-order valence-electron chi connectivity index (χ1n) is 8.78. The number of carbonyl (C=O) groups is 1. The molecule has 0 radical (unpaired) electrons. The quantitative estimate of drug-likeness (QED) is 0.517. The smallest absolute Gasteiger partial charge is 0.274 e. The first-order valence-corrected chi connectivity index (χ1v) is 10.6. The molecular formula is C19H23N3O6S. The van der Waals surface area contributed by atoms with Gasteiger partial charge in [-0.1, -0.05) is 13.0 Å². The molecule has 2 rings (SSSR count). The minimum Gasteiger partial charge on any atom is -0.497 e. The Morgan fingerprint density at radius 3 is 2.34 bits per heavy atom. The van der Waals surface area contributed by atoms with Crippen LogP contribution >= 0.6 is 0 Å². The zero-order chi connectivity index (χ0) is 21.8. The second-order valence-electron chi connectivity index (χ2n) is 6.38. The van der Waals surface area contributed by atoms with E-state index >= 15 is 0 Å². The van der Waals surface area contributed by atoms with E-state index in [-0.39, 0.29) is 23.4 Å². The van der Waals surface area contributed by atoms with E-state index < -0.39 is 26.9 Å². The maximum atomic E-state index is 12.9. The highest BCUT2D eigenvalue weighted by Crippen LogP contribution is 2.28. The number of nitro benzene ring substituents is 1. The van der Waals surface area contributed by atoms with Crippen LogP contribution < -0.4 is 14.4 Å². The molecule has 0 saturated heterocycles. The van der Waals surface area contributed by atoms with Gasteiger partial charge in [0.2, 0.25) is 15.9 Å². The Morgan fingerprint density at radius 1 is 1.24 bits per heavy atom. The van der Waals surface area contributed by atoms with Crippen molar-refractivity contribution >= 4 is 33.0 Å². The van der Waals surface area contributed by atoms with E-state index in [4.69, 9.17) is 4.74 Å². The molecule has 1 N–H and O–H groups in total. The molecule has 29 heavy (non-hydrogen) atoms. The summed E-state index contributed by atoms with van der Waals surface area (Å²) in [5.74, 6) is -0.0377. The Kier molecular flexibility index (Phi) is 6.80. The summed E-state index contributed by atoms with van der Waals surface area (Å²) in [4.78, 5) is 23.5. The number of hydrogen-bond acceptors (Lipinski definition) is 6. The molecule has 0 aliphatic rings. The van der Waals surface area contributed by atoms with Crippen LogP contribution in [-0.2, 0) is 14.8 Å². The van der Waals surface area contributed by atoms with Crippen molar-refractivity contribution in [1.29, 1.82) is 0 Å². The lowest BCUT2D eigenvalue weighted by atomic mass is 10.1. The molecule has 1 atom stereocenters. The van der Waals surface area contributed by atoms with Gasteiger partial charge in [-0.2, -0.15) is 0 Å². The van der Waals surface area contributed by atoms with Crippen molar-refractivity contribution in [3.05, 3.63) is 58.1 Å². The Labute approximate surface area is 169 Å². The minimum atomic E-state index is -3.79. The number of sulfonamides is 1. The summed E-state index contributed by atoms with van der Waals surface area (Å²) in [7, 11) is -2.30. The molecule has 0 aromatic heterocycles. The van der Waals surface area contributed by atoms with Crippen molar-refractivity contribution in [2.24, 2.45) is 0 Å². The number of nitro groups is 1. The molecule has 9 nitrogen and oxygen atoms in total. The number of nitrogens with one attached hydrogen (secondary N) is 1. The summed E-state index contributed by atoms with van der Waals surface area (Å²) < 4.78 is 31.1. The highest BCUT2D eigenvalue weighted by atomic mass is 32.2. The van der Waals surface area contributed by atoms with E-state index in [1.807, 2.05) is 0 Å². The third kappa shape index (κ3) is 5.02. The van der Waals surface area contributed by atoms with Gasteiger partial charge in [0.05, 0.1) is 35.2 Å². The Morgan fingerprint density at radius 2 is 1.86 bits per heavy atom. The lowest BCUT2D eigenvalue weighted by Gasteiger charge is -2.30. The van der Waals surface area contributed by atoms with Gasteiger partial charge in [-0.25, -0.2) is 8.42 Å². The molecule has 2 aromatic rings. The first-order chi connectivity index (χ1) is 13.6. The maximum Gasteiger partial charge on any atom is 0.274 e. The van der Waals surface area contributed by atoms with Crippen molar-refractivity contribution < 1.29 is 22.9 Å². The van der Waals surface area contributed by atoms with Crippen LogP contribution in [0.3, 0.4) is 0 Å². The molecule has 0 heterocycles. The van der Waals surface area contributed by atoms with Crippen molar-refractivity contribution in [3.63, 3.8) is 0 Å². The predicted octanol–water partition coefficient (Wildman–Crippen LogP) is 3.10. The fraction of sp³-hybridized carbons (Fsp3) is 0.316. The summed E-state index contributed by atoms with van der Waals surface area (Å²) >= 11 is 0. The summed E-state index contributed by atoms with van der Waals surface area (Å²) in [5, 5.41) is 13.7. The fourth-order valence-electron chi connectivity index (χ4n) is 2.96. The van der Waals surface area contributed by atoms with Gasteiger partial charge < -0.3 is 10.1 Å². The van der Waals surface area contributed by atoms with Gasteiger partial charge in [-0.15, -0.1) is 0 Å². The lowest BCUT2D eigenvalue weighted by Crippen LogP contribution is -2.47. The number of rotatable bonds is 8. The molecule has 0 aliphatic carbocycles. The zero-order valence-electron chi connectivity index (χ0n) is 16.6. The van der Waals surface area contributed by atoms with E-state index in [0.29, 0.717) is 11.4 Å². The summed E-state index contributed by atoms with van der Waals surface area (Å²) in [6.45, 7) is 3.21. The number of benzene rings is 2. The number of amides is 1. The fourth-order valence-corrected chi connectivity index (χ4v) is 4.17. The third-order valence-corrected chi connectivity index (χ3v) is 5.60. The number of methoxy groups -OCH3 is 1. The van der Waals surface area contributed by atoms with Gasteiger partial charge in [-0.05, 0) is 43.7 Å². The summed E-state index contributed by atoms with van der Waals surface area (Å²) in [6.07, 6.45) is 1.21. The topological polar surface area (TPSA) is 119 Å². The van der Waals surface area contributed by atoms with Gasteiger partial charge in [0, 0.05) is 6.07 Å². The largest absolute Gasteiger partial charge is 0.497 e.